The first-order valence-electron chi connectivity index (χ1n) is 8.19. The van der Waals surface area contributed by atoms with Crippen molar-refractivity contribution in [3.05, 3.63) is 0 Å². The third-order valence-electron chi connectivity index (χ3n) is 5.84. The maximum Gasteiger partial charge on any atom is 0.0334 e. The van der Waals surface area contributed by atoms with Crippen molar-refractivity contribution in [2.24, 2.45) is 5.92 Å². The number of piperazine rings is 1. The van der Waals surface area contributed by atoms with Crippen molar-refractivity contribution < 1.29 is 0 Å². The standard InChI is InChI=1S/C16H30N2/c1-3-4-11-18-13-16(9-5-6-10-16)17-12-15(18,2)14-7-8-14/h14,17H,3-13H2,1-2H3. The van der Waals surface area contributed by atoms with Gasteiger partial charge in [0.15, 0.2) is 0 Å². The smallest absolute Gasteiger partial charge is 0.0334 e. The molecule has 1 heterocycles. The molecule has 18 heavy (non-hydrogen) atoms. The highest BCUT2D eigenvalue weighted by molar-refractivity contribution is 5.10. The largest absolute Gasteiger partial charge is 0.308 e. The molecule has 0 aromatic heterocycles. The van der Waals surface area contributed by atoms with E-state index >= 15 is 0 Å². The van der Waals surface area contributed by atoms with Crippen LogP contribution in [0.3, 0.4) is 0 Å². The Kier molecular flexibility index (Phi) is 3.44. The second kappa shape index (κ2) is 4.79. The zero-order valence-electron chi connectivity index (χ0n) is 12.3. The summed E-state index contributed by atoms with van der Waals surface area (Å²) in [5, 5.41) is 3.97. The fraction of sp³-hybridized carbons (Fsp3) is 1.00. The maximum atomic E-state index is 3.97. The van der Waals surface area contributed by atoms with E-state index in [1.54, 1.807) is 0 Å². The number of nitrogens with zero attached hydrogens (tertiary/aromatic N) is 1. The van der Waals surface area contributed by atoms with Crippen molar-refractivity contribution in [3.63, 3.8) is 0 Å². The Balaban J connectivity index is 1.72. The van der Waals surface area contributed by atoms with E-state index in [1.807, 2.05) is 0 Å². The summed E-state index contributed by atoms with van der Waals surface area (Å²) in [5.41, 5.74) is 0.950. The van der Waals surface area contributed by atoms with E-state index < -0.39 is 0 Å². The van der Waals surface area contributed by atoms with Crippen LogP contribution in [0.4, 0.5) is 0 Å². The van der Waals surface area contributed by atoms with Crippen molar-refractivity contribution in [1.29, 1.82) is 0 Å². The second-order valence-electron chi connectivity index (χ2n) is 7.25. The van der Waals surface area contributed by atoms with Gasteiger partial charge in [-0.3, -0.25) is 4.90 Å². The Bertz CT molecular complexity index is 291. The second-order valence-corrected chi connectivity index (χ2v) is 7.25. The fourth-order valence-corrected chi connectivity index (χ4v) is 4.26. The lowest BCUT2D eigenvalue weighted by molar-refractivity contribution is 0.00183. The van der Waals surface area contributed by atoms with Crippen molar-refractivity contribution >= 4 is 0 Å². The molecule has 0 amide bonds. The Labute approximate surface area is 113 Å². The molecule has 1 spiro atoms. The third-order valence-corrected chi connectivity index (χ3v) is 5.84. The topological polar surface area (TPSA) is 15.3 Å². The molecule has 1 N–H and O–H groups in total. The lowest BCUT2D eigenvalue weighted by Crippen LogP contribution is -2.69. The molecule has 2 nitrogen and oxygen atoms in total. The molecule has 1 aliphatic heterocycles. The summed E-state index contributed by atoms with van der Waals surface area (Å²) in [6.07, 6.45) is 11.3. The molecule has 2 heteroatoms. The Morgan fingerprint density at radius 1 is 1.22 bits per heavy atom. The summed E-state index contributed by atoms with van der Waals surface area (Å²) < 4.78 is 0. The van der Waals surface area contributed by atoms with Gasteiger partial charge in [-0.15, -0.1) is 0 Å². The summed E-state index contributed by atoms with van der Waals surface area (Å²) >= 11 is 0. The van der Waals surface area contributed by atoms with Gasteiger partial charge in [-0.1, -0.05) is 26.2 Å². The SMILES string of the molecule is CCCCN1CC2(CCCC2)NCC1(C)C1CC1. The van der Waals surface area contributed by atoms with Crippen molar-refractivity contribution in [2.75, 3.05) is 19.6 Å². The molecule has 3 aliphatic rings. The summed E-state index contributed by atoms with van der Waals surface area (Å²) in [6.45, 7) is 8.73. The molecular formula is C16H30N2. The highest BCUT2D eigenvalue weighted by Gasteiger charge is 2.51. The van der Waals surface area contributed by atoms with Gasteiger partial charge in [0.2, 0.25) is 0 Å². The van der Waals surface area contributed by atoms with Crippen LogP contribution in [-0.4, -0.2) is 35.6 Å². The molecule has 0 aromatic carbocycles. The van der Waals surface area contributed by atoms with Gasteiger partial charge in [0.05, 0.1) is 0 Å². The maximum absolute atomic E-state index is 3.97. The lowest BCUT2D eigenvalue weighted by Gasteiger charge is -2.53. The van der Waals surface area contributed by atoms with Crippen LogP contribution in [0.25, 0.3) is 0 Å². The molecule has 0 aromatic rings. The van der Waals surface area contributed by atoms with Gasteiger partial charge < -0.3 is 5.32 Å². The average molecular weight is 250 g/mol. The molecule has 0 radical (unpaired) electrons. The third kappa shape index (κ3) is 2.22. The molecule has 0 bridgehead atoms. The monoisotopic (exact) mass is 250 g/mol. The van der Waals surface area contributed by atoms with Gasteiger partial charge in [0.1, 0.15) is 0 Å². The minimum Gasteiger partial charge on any atom is -0.308 e. The van der Waals surface area contributed by atoms with Crippen LogP contribution < -0.4 is 5.32 Å². The van der Waals surface area contributed by atoms with E-state index in [2.05, 4.69) is 24.1 Å². The minimum absolute atomic E-state index is 0.461. The van der Waals surface area contributed by atoms with Crippen LogP contribution in [0.2, 0.25) is 0 Å². The first kappa shape index (κ1) is 12.9. The number of nitrogens with one attached hydrogen (secondary N) is 1. The average Bonchev–Trinajstić information content (AvgIpc) is 3.14. The van der Waals surface area contributed by atoms with Gasteiger partial charge in [-0.25, -0.2) is 0 Å². The molecule has 3 rings (SSSR count). The van der Waals surface area contributed by atoms with Crippen molar-refractivity contribution in [1.82, 2.24) is 10.2 Å². The number of hydrogen-bond acceptors (Lipinski definition) is 2. The lowest BCUT2D eigenvalue weighted by atomic mass is 9.83. The highest BCUT2D eigenvalue weighted by atomic mass is 15.3. The summed E-state index contributed by atoms with van der Waals surface area (Å²) in [6, 6.07) is 0. The normalized spacial score (nSPS) is 36.3. The molecule has 3 fully saturated rings. The van der Waals surface area contributed by atoms with Crippen LogP contribution in [0, 0.1) is 5.92 Å². The van der Waals surface area contributed by atoms with Gasteiger partial charge in [-0.05, 0) is 51.5 Å². The number of unbranched alkanes of at least 4 members (excludes halogenated alkanes) is 1. The predicted octanol–water partition coefficient (Wildman–Crippen LogP) is 3.17. The van der Waals surface area contributed by atoms with Crippen LogP contribution in [-0.2, 0) is 0 Å². The quantitative estimate of drug-likeness (QED) is 0.824. The summed E-state index contributed by atoms with van der Waals surface area (Å²) in [4.78, 5) is 2.87. The number of hydrogen-bond donors (Lipinski definition) is 1. The van der Waals surface area contributed by atoms with Gasteiger partial charge >= 0.3 is 0 Å². The molecular weight excluding hydrogens is 220 g/mol. The van der Waals surface area contributed by atoms with Gasteiger partial charge in [-0.2, -0.15) is 0 Å². The van der Waals surface area contributed by atoms with Crippen molar-refractivity contribution in [3.8, 4) is 0 Å². The zero-order valence-corrected chi connectivity index (χ0v) is 12.3. The molecule has 2 aliphatic carbocycles. The first-order valence-corrected chi connectivity index (χ1v) is 8.19. The first-order chi connectivity index (χ1) is 8.69. The zero-order chi connectivity index (χ0) is 12.6. The van der Waals surface area contributed by atoms with E-state index in [1.165, 1.54) is 71.0 Å². The minimum atomic E-state index is 0.461. The molecule has 2 saturated carbocycles. The van der Waals surface area contributed by atoms with Crippen LogP contribution >= 0.6 is 0 Å². The molecule has 104 valence electrons. The van der Waals surface area contributed by atoms with Crippen LogP contribution in [0.15, 0.2) is 0 Å². The summed E-state index contributed by atoms with van der Waals surface area (Å²) in [5.74, 6) is 0.973. The van der Waals surface area contributed by atoms with Gasteiger partial charge in [0, 0.05) is 24.2 Å². The highest BCUT2D eigenvalue weighted by Crippen LogP contribution is 2.46. The fourth-order valence-electron chi connectivity index (χ4n) is 4.26. The van der Waals surface area contributed by atoms with Crippen LogP contribution in [0.5, 0.6) is 0 Å². The Morgan fingerprint density at radius 3 is 2.56 bits per heavy atom. The van der Waals surface area contributed by atoms with E-state index in [-0.39, 0.29) is 0 Å². The molecule has 1 unspecified atom stereocenters. The van der Waals surface area contributed by atoms with E-state index in [4.69, 9.17) is 0 Å². The predicted molar refractivity (Wildman–Crippen MR) is 76.8 cm³/mol. The Hall–Kier alpha value is -0.0800. The summed E-state index contributed by atoms with van der Waals surface area (Å²) in [7, 11) is 0. The van der Waals surface area contributed by atoms with E-state index in [0.717, 1.165) is 5.92 Å². The van der Waals surface area contributed by atoms with Crippen molar-refractivity contribution in [2.45, 2.75) is 76.3 Å². The van der Waals surface area contributed by atoms with E-state index in [9.17, 15) is 0 Å². The number of rotatable bonds is 4. The molecule has 1 saturated heterocycles. The van der Waals surface area contributed by atoms with E-state index in [0.29, 0.717) is 11.1 Å². The molecule has 1 atom stereocenters. The van der Waals surface area contributed by atoms with Gasteiger partial charge in [0.25, 0.3) is 0 Å². The Morgan fingerprint density at radius 2 is 1.94 bits per heavy atom. The van der Waals surface area contributed by atoms with Crippen LogP contribution in [0.1, 0.15) is 65.2 Å².